The Morgan fingerprint density at radius 3 is 2.13 bits per heavy atom. The predicted molar refractivity (Wildman–Crippen MR) is 59.3 cm³/mol. The lowest BCUT2D eigenvalue weighted by molar-refractivity contribution is 0.567. The summed E-state index contributed by atoms with van der Waals surface area (Å²) in [6.07, 6.45) is 7.21. The molecule has 80 valence electrons. The average molecular weight is 224 g/mol. The van der Waals surface area contributed by atoms with E-state index in [2.05, 4.69) is 0 Å². The first kappa shape index (κ1) is 9.97. The van der Waals surface area contributed by atoms with Gasteiger partial charge in [0.15, 0.2) is 4.77 Å². The maximum Gasteiger partial charge on any atom is 0.329 e. The molecule has 0 radical (unpaired) electrons. The number of nitrogens with zero attached hydrogens (tertiary/aromatic N) is 4. The van der Waals surface area contributed by atoms with E-state index in [0.717, 1.165) is 0 Å². The van der Waals surface area contributed by atoms with Gasteiger partial charge in [0.05, 0.1) is 0 Å². The molecule has 0 unspecified atom stereocenters. The van der Waals surface area contributed by atoms with Crippen molar-refractivity contribution in [1.29, 1.82) is 0 Å². The van der Waals surface area contributed by atoms with Crippen LogP contribution in [0, 0.1) is 4.77 Å². The maximum atomic E-state index is 11.6. The van der Waals surface area contributed by atoms with Crippen molar-refractivity contribution in [3.8, 4) is 0 Å². The normalized spacial score (nSPS) is 10.8. The van der Waals surface area contributed by atoms with Gasteiger partial charge in [-0.25, -0.2) is 4.79 Å². The second-order valence-corrected chi connectivity index (χ2v) is 3.83. The third-order valence-electron chi connectivity index (χ3n) is 2.34. The smallest absolute Gasteiger partial charge is 0.327 e. The molecule has 0 saturated carbocycles. The van der Waals surface area contributed by atoms with Crippen molar-refractivity contribution in [2.75, 3.05) is 0 Å². The van der Waals surface area contributed by atoms with Gasteiger partial charge >= 0.3 is 5.69 Å². The van der Waals surface area contributed by atoms with Crippen molar-refractivity contribution >= 4 is 12.2 Å². The second-order valence-electron chi connectivity index (χ2n) is 3.46. The molecule has 6 heteroatoms. The first-order valence-corrected chi connectivity index (χ1v) is 4.94. The van der Waals surface area contributed by atoms with E-state index in [4.69, 9.17) is 12.2 Å². The lowest BCUT2D eigenvalue weighted by Gasteiger charge is -2.02. The largest absolute Gasteiger partial charge is 0.329 e. The van der Waals surface area contributed by atoms with Crippen LogP contribution in [0.5, 0.6) is 0 Å². The standard InChI is InChI=1S/C9H12N4OS/c1-10-3-5-12(8(10)14)7-13-6-4-11(2)9(13)15/h3-6H,7H2,1-2H3. The topological polar surface area (TPSA) is 36.8 Å². The van der Waals surface area contributed by atoms with Gasteiger partial charge in [0.2, 0.25) is 0 Å². The first-order valence-electron chi connectivity index (χ1n) is 4.53. The van der Waals surface area contributed by atoms with Crippen LogP contribution in [-0.4, -0.2) is 18.3 Å². The highest BCUT2D eigenvalue weighted by atomic mass is 32.1. The van der Waals surface area contributed by atoms with Crippen LogP contribution in [0.1, 0.15) is 0 Å². The summed E-state index contributed by atoms with van der Waals surface area (Å²) in [6.45, 7) is 0.458. The van der Waals surface area contributed by atoms with Crippen molar-refractivity contribution in [2.24, 2.45) is 14.1 Å². The summed E-state index contributed by atoms with van der Waals surface area (Å²) >= 11 is 5.18. The number of rotatable bonds is 2. The Morgan fingerprint density at radius 1 is 1.07 bits per heavy atom. The lowest BCUT2D eigenvalue weighted by Crippen LogP contribution is -2.24. The molecule has 0 aliphatic heterocycles. The van der Waals surface area contributed by atoms with Gasteiger partial charge in [-0.05, 0) is 12.2 Å². The van der Waals surface area contributed by atoms with Crippen LogP contribution in [0.15, 0.2) is 29.6 Å². The lowest BCUT2D eigenvalue weighted by atomic mass is 10.8. The van der Waals surface area contributed by atoms with Crippen LogP contribution in [0.2, 0.25) is 0 Å². The van der Waals surface area contributed by atoms with Crippen LogP contribution in [0.3, 0.4) is 0 Å². The van der Waals surface area contributed by atoms with Crippen molar-refractivity contribution < 1.29 is 0 Å². The van der Waals surface area contributed by atoms with Crippen LogP contribution < -0.4 is 5.69 Å². The number of hydrogen-bond acceptors (Lipinski definition) is 2. The van der Waals surface area contributed by atoms with E-state index in [9.17, 15) is 4.79 Å². The molecule has 0 aliphatic carbocycles. The van der Waals surface area contributed by atoms with E-state index in [1.165, 1.54) is 4.57 Å². The van der Waals surface area contributed by atoms with Gasteiger partial charge in [0.25, 0.3) is 0 Å². The van der Waals surface area contributed by atoms with Gasteiger partial charge in [-0.15, -0.1) is 0 Å². The molecule has 0 atom stereocenters. The van der Waals surface area contributed by atoms with Crippen LogP contribution in [0.25, 0.3) is 0 Å². The minimum Gasteiger partial charge on any atom is -0.327 e. The molecule has 0 bridgehead atoms. The molecule has 0 saturated heterocycles. The molecule has 0 fully saturated rings. The van der Waals surface area contributed by atoms with Gasteiger partial charge in [0.1, 0.15) is 6.67 Å². The summed E-state index contributed by atoms with van der Waals surface area (Å²) in [5.74, 6) is 0. The SMILES string of the molecule is Cn1ccn(Cn2ccn(C)c2=S)c1=O. The molecule has 0 spiro atoms. The van der Waals surface area contributed by atoms with Crippen molar-refractivity contribution in [1.82, 2.24) is 18.3 Å². The predicted octanol–water partition coefficient (Wildman–Crippen LogP) is 0.562. The van der Waals surface area contributed by atoms with Gasteiger partial charge in [-0.1, -0.05) is 0 Å². The van der Waals surface area contributed by atoms with Crippen molar-refractivity contribution in [3.63, 3.8) is 0 Å². The van der Waals surface area contributed by atoms with Crippen LogP contribution in [0.4, 0.5) is 0 Å². The Balaban J connectivity index is 2.38. The number of hydrogen-bond donors (Lipinski definition) is 0. The molecule has 0 aliphatic rings. The van der Waals surface area contributed by atoms with E-state index >= 15 is 0 Å². The van der Waals surface area contributed by atoms with Gasteiger partial charge in [-0.2, -0.15) is 0 Å². The van der Waals surface area contributed by atoms with Gasteiger partial charge in [0, 0.05) is 38.9 Å². The Bertz CT molecular complexity index is 534. The van der Waals surface area contributed by atoms with E-state index in [0.29, 0.717) is 11.4 Å². The van der Waals surface area contributed by atoms with Crippen molar-refractivity contribution in [3.05, 3.63) is 40.0 Å². The van der Waals surface area contributed by atoms with E-state index in [1.807, 2.05) is 28.6 Å². The molecule has 2 rings (SSSR count). The second kappa shape index (κ2) is 3.54. The zero-order valence-electron chi connectivity index (χ0n) is 8.62. The maximum absolute atomic E-state index is 11.6. The van der Waals surface area contributed by atoms with Crippen molar-refractivity contribution in [2.45, 2.75) is 6.67 Å². The molecule has 0 N–H and O–H groups in total. The summed E-state index contributed by atoms with van der Waals surface area (Å²) in [5.41, 5.74) is -0.0410. The summed E-state index contributed by atoms with van der Waals surface area (Å²) < 4.78 is 7.52. The highest BCUT2D eigenvalue weighted by Crippen LogP contribution is 1.95. The van der Waals surface area contributed by atoms with Crippen LogP contribution >= 0.6 is 12.2 Å². The Morgan fingerprint density at radius 2 is 1.67 bits per heavy atom. The summed E-state index contributed by atoms with van der Waals surface area (Å²) in [6, 6.07) is 0. The third kappa shape index (κ3) is 1.68. The van der Waals surface area contributed by atoms with Gasteiger partial charge < -0.3 is 13.7 Å². The number of aryl methyl sites for hydroxylation is 2. The fourth-order valence-electron chi connectivity index (χ4n) is 1.40. The van der Waals surface area contributed by atoms with E-state index in [-0.39, 0.29) is 5.69 Å². The highest BCUT2D eigenvalue weighted by Gasteiger charge is 2.01. The third-order valence-corrected chi connectivity index (χ3v) is 2.86. The quantitative estimate of drug-likeness (QED) is 0.699. The highest BCUT2D eigenvalue weighted by molar-refractivity contribution is 7.71. The Labute approximate surface area is 91.8 Å². The molecular weight excluding hydrogens is 212 g/mol. The minimum atomic E-state index is -0.0410. The zero-order valence-corrected chi connectivity index (χ0v) is 9.44. The molecule has 0 aromatic carbocycles. The fourth-order valence-corrected chi connectivity index (χ4v) is 1.58. The average Bonchev–Trinajstić information content (AvgIpc) is 2.68. The van der Waals surface area contributed by atoms with Gasteiger partial charge in [-0.3, -0.25) is 4.57 Å². The minimum absolute atomic E-state index is 0.0410. The Hall–Kier alpha value is -1.56. The number of aromatic nitrogens is 4. The molecule has 2 heterocycles. The molecule has 0 amide bonds. The zero-order chi connectivity index (χ0) is 11.0. The van der Waals surface area contributed by atoms with Crippen LogP contribution in [-0.2, 0) is 20.8 Å². The molecule has 2 aromatic rings. The molecular formula is C9H12N4OS. The van der Waals surface area contributed by atoms with E-state index in [1.54, 1.807) is 24.0 Å². The first-order chi connectivity index (χ1) is 7.09. The molecule has 15 heavy (non-hydrogen) atoms. The van der Waals surface area contributed by atoms with E-state index < -0.39 is 0 Å². The monoisotopic (exact) mass is 224 g/mol. The molecule has 5 nitrogen and oxygen atoms in total. The summed E-state index contributed by atoms with van der Waals surface area (Å²) in [7, 11) is 3.61. The summed E-state index contributed by atoms with van der Waals surface area (Å²) in [4.78, 5) is 11.6. The Kier molecular flexibility index (Phi) is 2.36. The molecule has 2 aromatic heterocycles. The fraction of sp³-hybridized carbons (Fsp3) is 0.333. The summed E-state index contributed by atoms with van der Waals surface area (Å²) in [5, 5.41) is 0. The number of imidazole rings is 2.